The van der Waals surface area contributed by atoms with Gasteiger partial charge in [0, 0.05) is 19.1 Å². The maximum atomic E-state index is 12.4. The molecule has 1 unspecified atom stereocenters. The van der Waals surface area contributed by atoms with Crippen LogP contribution in [0, 0.1) is 0 Å². The summed E-state index contributed by atoms with van der Waals surface area (Å²) in [6.45, 7) is 0.833. The van der Waals surface area contributed by atoms with Gasteiger partial charge in [0.2, 0.25) is 0 Å². The normalized spacial score (nSPS) is 23.4. The van der Waals surface area contributed by atoms with E-state index in [1.165, 1.54) is 0 Å². The van der Waals surface area contributed by atoms with Crippen LogP contribution in [0.4, 0.5) is 17.6 Å². The molecule has 1 aliphatic rings. The average molecular weight is 230 g/mol. The van der Waals surface area contributed by atoms with Gasteiger partial charge in [-0.15, -0.1) is 0 Å². The standard InChI is InChI=1S/C8H14F4N2O/c9-7(10)8(11,12)5-13-3-6-4-15-2-1-14-6/h6-7,13-14H,1-5H2. The fraction of sp³-hybridized carbons (Fsp3) is 1.00. The number of ether oxygens (including phenoxy) is 1. The number of alkyl halides is 4. The summed E-state index contributed by atoms with van der Waals surface area (Å²) < 4.78 is 53.4. The first-order valence-corrected chi connectivity index (χ1v) is 4.70. The molecule has 0 spiro atoms. The van der Waals surface area contributed by atoms with E-state index in [4.69, 9.17) is 4.74 Å². The van der Waals surface area contributed by atoms with E-state index in [1.54, 1.807) is 0 Å². The van der Waals surface area contributed by atoms with Crippen molar-refractivity contribution in [3.63, 3.8) is 0 Å². The van der Waals surface area contributed by atoms with E-state index in [1.807, 2.05) is 0 Å². The second-order valence-corrected chi connectivity index (χ2v) is 3.42. The number of hydrogen-bond acceptors (Lipinski definition) is 3. The minimum absolute atomic E-state index is 0.0905. The van der Waals surface area contributed by atoms with Crippen LogP contribution in [-0.4, -0.2) is 51.2 Å². The molecule has 1 rings (SSSR count). The zero-order valence-corrected chi connectivity index (χ0v) is 8.11. The monoisotopic (exact) mass is 230 g/mol. The Hall–Kier alpha value is -0.400. The maximum Gasteiger partial charge on any atom is 0.319 e. The summed E-state index contributed by atoms with van der Waals surface area (Å²) in [5, 5.41) is 5.32. The smallest absolute Gasteiger partial charge is 0.319 e. The first-order chi connectivity index (χ1) is 7.02. The van der Waals surface area contributed by atoms with E-state index in [0.29, 0.717) is 19.8 Å². The van der Waals surface area contributed by atoms with E-state index in [9.17, 15) is 17.6 Å². The van der Waals surface area contributed by atoms with Crippen molar-refractivity contribution >= 4 is 0 Å². The molecular formula is C8H14F4N2O. The molecule has 0 radical (unpaired) electrons. The van der Waals surface area contributed by atoms with Crippen LogP contribution in [0.2, 0.25) is 0 Å². The second kappa shape index (κ2) is 5.62. The Balaban J connectivity index is 2.14. The molecule has 0 saturated carbocycles. The van der Waals surface area contributed by atoms with E-state index in [2.05, 4.69) is 10.6 Å². The van der Waals surface area contributed by atoms with Crippen LogP contribution in [0.3, 0.4) is 0 Å². The summed E-state index contributed by atoms with van der Waals surface area (Å²) in [6, 6.07) is -0.0905. The molecule has 0 aromatic heterocycles. The van der Waals surface area contributed by atoms with Crippen molar-refractivity contribution < 1.29 is 22.3 Å². The third-order valence-electron chi connectivity index (χ3n) is 2.07. The van der Waals surface area contributed by atoms with Gasteiger partial charge in [-0.2, -0.15) is 8.78 Å². The summed E-state index contributed by atoms with van der Waals surface area (Å²) >= 11 is 0. The average Bonchev–Trinajstić information content (AvgIpc) is 2.19. The Labute approximate surface area is 85.2 Å². The summed E-state index contributed by atoms with van der Waals surface area (Å²) in [7, 11) is 0. The molecule has 0 aromatic carbocycles. The van der Waals surface area contributed by atoms with Gasteiger partial charge < -0.3 is 15.4 Å². The predicted octanol–water partition coefficient (Wildman–Crippen LogP) is 0.465. The molecule has 1 atom stereocenters. The molecule has 90 valence electrons. The first-order valence-electron chi connectivity index (χ1n) is 4.70. The van der Waals surface area contributed by atoms with E-state index >= 15 is 0 Å². The highest BCUT2D eigenvalue weighted by Gasteiger charge is 2.40. The lowest BCUT2D eigenvalue weighted by Crippen LogP contribution is -2.49. The zero-order chi connectivity index (χ0) is 11.3. The Morgan fingerprint density at radius 2 is 2.20 bits per heavy atom. The van der Waals surface area contributed by atoms with Crippen LogP contribution < -0.4 is 10.6 Å². The Morgan fingerprint density at radius 1 is 1.47 bits per heavy atom. The Bertz CT molecular complexity index is 185. The van der Waals surface area contributed by atoms with Crippen LogP contribution in [0.25, 0.3) is 0 Å². The van der Waals surface area contributed by atoms with Gasteiger partial charge in [0.1, 0.15) is 0 Å². The molecule has 7 heteroatoms. The lowest BCUT2D eigenvalue weighted by atomic mass is 10.2. The summed E-state index contributed by atoms with van der Waals surface area (Å²) in [6.07, 6.45) is -3.62. The lowest BCUT2D eigenvalue weighted by molar-refractivity contribution is -0.125. The van der Waals surface area contributed by atoms with Gasteiger partial charge in [0.25, 0.3) is 0 Å². The van der Waals surface area contributed by atoms with Gasteiger partial charge in [0.15, 0.2) is 0 Å². The van der Waals surface area contributed by atoms with E-state index in [0.717, 1.165) is 0 Å². The third-order valence-corrected chi connectivity index (χ3v) is 2.07. The maximum absolute atomic E-state index is 12.4. The molecule has 1 heterocycles. The molecule has 1 fully saturated rings. The topological polar surface area (TPSA) is 33.3 Å². The van der Waals surface area contributed by atoms with Crippen molar-refractivity contribution in [2.75, 3.05) is 32.8 Å². The van der Waals surface area contributed by atoms with Crippen molar-refractivity contribution in [2.24, 2.45) is 0 Å². The molecule has 15 heavy (non-hydrogen) atoms. The van der Waals surface area contributed by atoms with Gasteiger partial charge >= 0.3 is 12.3 Å². The molecule has 3 nitrogen and oxygen atoms in total. The quantitative estimate of drug-likeness (QED) is 0.673. The van der Waals surface area contributed by atoms with Gasteiger partial charge in [-0.1, -0.05) is 0 Å². The van der Waals surface area contributed by atoms with Crippen LogP contribution in [0.5, 0.6) is 0 Å². The predicted molar refractivity (Wildman–Crippen MR) is 46.4 cm³/mol. The summed E-state index contributed by atoms with van der Waals surface area (Å²) in [4.78, 5) is 0. The highest BCUT2D eigenvalue weighted by atomic mass is 19.3. The molecule has 0 aliphatic carbocycles. The highest BCUT2D eigenvalue weighted by molar-refractivity contribution is 4.77. The summed E-state index contributed by atoms with van der Waals surface area (Å²) in [5.41, 5.74) is 0. The first kappa shape index (κ1) is 12.7. The van der Waals surface area contributed by atoms with Crippen LogP contribution in [-0.2, 0) is 4.74 Å². The van der Waals surface area contributed by atoms with Gasteiger partial charge in [-0.25, -0.2) is 8.78 Å². The third kappa shape index (κ3) is 4.31. The van der Waals surface area contributed by atoms with Crippen LogP contribution in [0.15, 0.2) is 0 Å². The minimum Gasteiger partial charge on any atom is -0.378 e. The number of halogens is 4. The van der Waals surface area contributed by atoms with Crippen molar-refractivity contribution in [2.45, 2.75) is 18.4 Å². The summed E-state index contributed by atoms with van der Waals surface area (Å²) in [5.74, 6) is -3.96. The van der Waals surface area contributed by atoms with Crippen molar-refractivity contribution in [1.29, 1.82) is 0 Å². The van der Waals surface area contributed by atoms with Crippen LogP contribution >= 0.6 is 0 Å². The molecule has 0 amide bonds. The molecule has 1 aliphatic heterocycles. The van der Waals surface area contributed by atoms with Crippen molar-refractivity contribution in [3.05, 3.63) is 0 Å². The van der Waals surface area contributed by atoms with E-state index in [-0.39, 0.29) is 12.6 Å². The second-order valence-electron chi connectivity index (χ2n) is 3.42. The fourth-order valence-electron chi connectivity index (χ4n) is 1.24. The number of nitrogens with one attached hydrogen (secondary N) is 2. The minimum atomic E-state index is -3.96. The number of hydrogen-bond donors (Lipinski definition) is 2. The number of rotatable bonds is 5. The molecule has 0 bridgehead atoms. The van der Waals surface area contributed by atoms with Crippen LogP contribution in [0.1, 0.15) is 0 Å². The van der Waals surface area contributed by atoms with Crippen molar-refractivity contribution in [3.8, 4) is 0 Å². The Kier molecular flexibility index (Phi) is 4.75. The highest BCUT2D eigenvalue weighted by Crippen LogP contribution is 2.21. The van der Waals surface area contributed by atoms with E-state index < -0.39 is 18.9 Å². The van der Waals surface area contributed by atoms with Gasteiger partial charge in [0.05, 0.1) is 19.8 Å². The SMILES string of the molecule is FC(F)C(F)(F)CNCC1COCCN1. The largest absolute Gasteiger partial charge is 0.378 e. The fourth-order valence-corrected chi connectivity index (χ4v) is 1.24. The Morgan fingerprint density at radius 3 is 2.73 bits per heavy atom. The van der Waals surface area contributed by atoms with Crippen molar-refractivity contribution in [1.82, 2.24) is 10.6 Å². The van der Waals surface area contributed by atoms with Gasteiger partial charge in [-0.3, -0.25) is 0 Å². The zero-order valence-electron chi connectivity index (χ0n) is 8.11. The molecule has 0 aromatic rings. The van der Waals surface area contributed by atoms with Gasteiger partial charge in [-0.05, 0) is 0 Å². The molecule has 1 saturated heterocycles. The lowest BCUT2D eigenvalue weighted by Gasteiger charge is -2.25. The molecular weight excluding hydrogens is 216 g/mol. The number of morpholine rings is 1. The molecule has 2 N–H and O–H groups in total.